The molecule has 2 aromatic heterocycles. The first-order valence-corrected chi connectivity index (χ1v) is 8.99. The number of nitrogens with two attached hydrogens (primary N) is 1. The number of fused-ring (bicyclic) bond motifs is 1. The predicted octanol–water partition coefficient (Wildman–Crippen LogP) is -0.311. The molecule has 1 aromatic carbocycles. The predicted molar refractivity (Wildman–Crippen MR) is 100 cm³/mol. The molecule has 0 aliphatic heterocycles. The fraction of sp³-hybridized carbons (Fsp3) is 0.222. The van der Waals surface area contributed by atoms with Crippen LogP contribution in [0.4, 0.5) is 26.3 Å². The molecule has 2 heterocycles. The van der Waals surface area contributed by atoms with Gasteiger partial charge >= 0.3 is 18.3 Å². The monoisotopic (exact) mass is 510 g/mol. The lowest BCUT2D eigenvalue weighted by molar-refractivity contribution is -0.702. The van der Waals surface area contributed by atoms with Crippen molar-refractivity contribution in [1.82, 2.24) is 20.4 Å². The van der Waals surface area contributed by atoms with Gasteiger partial charge < -0.3 is 15.0 Å². The zero-order valence-electron chi connectivity index (χ0n) is 17.2. The topological polar surface area (TPSA) is 167 Å². The van der Waals surface area contributed by atoms with E-state index < -0.39 is 24.3 Å². The number of nitrogens with one attached hydrogen (secondary N) is 1. The van der Waals surface area contributed by atoms with Gasteiger partial charge in [-0.25, -0.2) is 10.6 Å². The van der Waals surface area contributed by atoms with Crippen molar-refractivity contribution in [3.63, 3.8) is 0 Å². The van der Waals surface area contributed by atoms with Crippen molar-refractivity contribution < 1.29 is 55.5 Å². The Balaban J connectivity index is 0.000000362. The maximum absolute atomic E-state index is 11.3. The van der Waals surface area contributed by atoms with Gasteiger partial charge in [-0.3, -0.25) is 10.2 Å². The van der Waals surface area contributed by atoms with Gasteiger partial charge in [-0.15, -0.1) is 5.10 Å². The minimum atomic E-state index is -5.19. The summed E-state index contributed by atoms with van der Waals surface area (Å²) in [5.74, 6) is -0.886. The number of alkyl halides is 6. The second kappa shape index (κ2) is 12.3. The number of carbonyl (C=O) groups excluding carboxylic acids is 2. The maximum atomic E-state index is 11.3. The standard InChI is InChI=1S/C14H14N6O.2C2HF3O2/c15-16-14(21)8-11-4-3-7-19(9-11)10-20-13-6-2-1-5-12(13)17-18-20;2*3-2(4,5)1(6)7/h1-7,9H,8,10H2,(H2-,15,16,17,18,21);2*(H,6,7). The van der Waals surface area contributed by atoms with Crippen LogP contribution >= 0.6 is 0 Å². The molecule has 0 aliphatic rings. The molecule has 35 heavy (non-hydrogen) atoms. The van der Waals surface area contributed by atoms with Crippen molar-refractivity contribution in [2.45, 2.75) is 25.4 Å². The molecule has 0 atom stereocenters. The highest BCUT2D eigenvalue weighted by molar-refractivity contribution is 5.77. The highest BCUT2D eigenvalue weighted by atomic mass is 19.4. The fourth-order valence-electron chi connectivity index (χ4n) is 2.18. The number of carbonyl (C=O) groups is 3. The number of nitrogens with zero attached hydrogens (tertiary/aromatic N) is 4. The molecule has 0 radical (unpaired) electrons. The Bertz CT molecular complexity index is 1140. The van der Waals surface area contributed by atoms with Crippen LogP contribution in [0.5, 0.6) is 0 Å². The largest absolute Gasteiger partial charge is 0.542 e. The third-order valence-corrected chi connectivity index (χ3v) is 3.64. The van der Waals surface area contributed by atoms with Gasteiger partial charge in [-0.2, -0.15) is 35.6 Å². The Morgan fingerprint density at radius 1 is 1.06 bits per heavy atom. The molecule has 0 saturated heterocycles. The van der Waals surface area contributed by atoms with E-state index in [-0.39, 0.29) is 12.3 Å². The molecule has 3 aromatic rings. The van der Waals surface area contributed by atoms with E-state index in [1.54, 1.807) is 0 Å². The van der Waals surface area contributed by atoms with Crippen LogP contribution in [-0.2, 0) is 27.5 Å². The zero-order chi connectivity index (χ0) is 26.8. The number of carboxylic acid groups (broad SMARTS) is 2. The van der Waals surface area contributed by atoms with Gasteiger partial charge in [0.25, 0.3) is 0 Å². The molecular formula is C18H16F6N6O5. The summed E-state index contributed by atoms with van der Waals surface area (Å²) in [6.45, 7) is 0.526. The number of aromatic nitrogens is 4. The number of carboxylic acids is 2. The number of hydrogen-bond donors (Lipinski definition) is 3. The average Bonchev–Trinajstić information content (AvgIpc) is 3.16. The van der Waals surface area contributed by atoms with Crippen molar-refractivity contribution >= 4 is 28.9 Å². The van der Waals surface area contributed by atoms with Gasteiger partial charge in [0.15, 0.2) is 12.4 Å². The third-order valence-electron chi connectivity index (χ3n) is 3.64. The first-order valence-electron chi connectivity index (χ1n) is 8.99. The number of para-hydroxylation sites is 1. The summed E-state index contributed by atoms with van der Waals surface area (Å²) < 4.78 is 67.0. The van der Waals surface area contributed by atoms with E-state index in [1.807, 2.05) is 58.0 Å². The van der Waals surface area contributed by atoms with Gasteiger partial charge in [0.2, 0.25) is 12.6 Å². The Labute approximate surface area is 191 Å². The molecular weight excluding hydrogens is 494 g/mol. The van der Waals surface area contributed by atoms with Gasteiger partial charge in [-0.1, -0.05) is 17.3 Å². The summed E-state index contributed by atoms with van der Waals surface area (Å²) in [5, 5.41) is 24.2. The molecule has 3 rings (SSSR count). The number of rotatable bonds is 4. The summed E-state index contributed by atoms with van der Waals surface area (Å²) in [4.78, 5) is 29.0. The Kier molecular flexibility index (Phi) is 10.1. The van der Waals surface area contributed by atoms with Gasteiger partial charge in [0, 0.05) is 11.6 Å². The molecule has 0 spiro atoms. The van der Waals surface area contributed by atoms with Crippen molar-refractivity contribution in [2.24, 2.45) is 5.84 Å². The molecule has 11 nitrogen and oxygen atoms in total. The first-order chi connectivity index (χ1) is 16.1. The van der Waals surface area contributed by atoms with Crippen molar-refractivity contribution in [2.75, 3.05) is 0 Å². The summed E-state index contributed by atoms with van der Waals surface area (Å²) in [5.41, 5.74) is 4.83. The van der Waals surface area contributed by atoms with Crippen LogP contribution in [0.3, 0.4) is 0 Å². The molecule has 0 bridgehead atoms. The van der Waals surface area contributed by atoms with Gasteiger partial charge in [-0.05, 0) is 18.2 Å². The Hall–Kier alpha value is -4.28. The number of aliphatic carboxylic acids is 2. The number of hydrogen-bond acceptors (Lipinski definition) is 7. The third kappa shape index (κ3) is 10.0. The van der Waals surface area contributed by atoms with E-state index >= 15 is 0 Å². The molecule has 0 aliphatic carbocycles. The molecule has 190 valence electrons. The van der Waals surface area contributed by atoms with E-state index in [4.69, 9.17) is 25.6 Å². The van der Waals surface area contributed by atoms with Crippen molar-refractivity contribution in [1.29, 1.82) is 0 Å². The number of hydrazine groups is 1. The second-order valence-corrected chi connectivity index (χ2v) is 6.28. The van der Waals surface area contributed by atoms with Gasteiger partial charge in [0.05, 0.1) is 11.9 Å². The normalized spacial score (nSPS) is 10.9. The molecule has 0 unspecified atom stereocenters. The molecule has 17 heteroatoms. The van der Waals surface area contributed by atoms with Crippen molar-refractivity contribution in [3.8, 4) is 0 Å². The lowest BCUT2D eigenvalue weighted by Gasteiger charge is -2.03. The maximum Gasteiger partial charge on any atom is 0.490 e. The summed E-state index contributed by atoms with van der Waals surface area (Å²) in [7, 11) is 0. The van der Waals surface area contributed by atoms with Crippen LogP contribution in [0, 0.1) is 0 Å². The SMILES string of the molecule is NNC(=O)Cc1ccc[n+](Cn2nnc3ccccc32)c1.O=C(O)C(F)(F)F.O=C([O-])C(F)(F)F. The summed E-state index contributed by atoms with van der Waals surface area (Å²) in [6.07, 6.45) is -6.22. The van der Waals surface area contributed by atoms with E-state index in [0.717, 1.165) is 16.6 Å². The zero-order valence-corrected chi connectivity index (χ0v) is 17.2. The number of benzene rings is 1. The summed E-state index contributed by atoms with van der Waals surface area (Å²) in [6, 6.07) is 11.5. The Morgan fingerprint density at radius 2 is 1.63 bits per heavy atom. The second-order valence-electron chi connectivity index (χ2n) is 6.28. The van der Waals surface area contributed by atoms with Crippen LogP contribution in [0.25, 0.3) is 11.0 Å². The molecule has 0 fully saturated rings. The lowest BCUT2D eigenvalue weighted by atomic mass is 10.2. The Morgan fingerprint density at radius 3 is 2.14 bits per heavy atom. The highest BCUT2D eigenvalue weighted by Crippen LogP contribution is 2.13. The van der Waals surface area contributed by atoms with E-state index in [1.165, 1.54) is 0 Å². The molecule has 0 saturated carbocycles. The van der Waals surface area contributed by atoms with E-state index in [9.17, 15) is 31.1 Å². The van der Waals surface area contributed by atoms with Crippen molar-refractivity contribution in [3.05, 3.63) is 54.4 Å². The quantitative estimate of drug-likeness (QED) is 0.141. The highest BCUT2D eigenvalue weighted by Gasteiger charge is 2.38. The van der Waals surface area contributed by atoms with Crippen LogP contribution in [0.15, 0.2) is 48.8 Å². The average molecular weight is 510 g/mol. The van der Waals surface area contributed by atoms with Crippen LogP contribution in [0.1, 0.15) is 5.56 Å². The molecule has 1 amide bonds. The smallest absolute Gasteiger partial charge is 0.490 e. The van der Waals surface area contributed by atoms with Crippen LogP contribution in [-0.4, -0.2) is 50.3 Å². The minimum Gasteiger partial charge on any atom is -0.542 e. The number of amides is 1. The summed E-state index contributed by atoms with van der Waals surface area (Å²) >= 11 is 0. The minimum absolute atomic E-state index is 0.223. The lowest BCUT2D eigenvalue weighted by Crippen LogP contribution is -2.38. The van der Waals surface area contributed by atoms with Crippen LogP contribution < -0.4 is 20.9 Å². The van der Waals surface area contributed by atoms with E-state index in [0.29, 0.717) is 6.67 Å². The van der Waals surface area contributed by atoms with Crippen LogP contribution in [0.2, 0.25) is 0 Å². The first kappa shape index (κ1) is 28.8. The van der Waals surface area contributed by atoms with E-state index in [2.05, 4.69) is 15.7 Å². The number of pyridine rings is 1. The van der Waals surface area contributed by atoms with Gasteiger partial charge in [0.1, 0.15) is 11.5 Å². The fourth-order valence-corrected chi connectivity index (χ4v) is 2.18. The molecule has 4 N–H and O–H groups in total. The number of halogens is 6.